The molecule has 2 fully saturated rings. The number of carbonyl (C=O) groups is 2. The van der Waals surface area contributed by atoms with Crippen LogP contribution in [0.1, 0.15) is 41.6 Å². The highest BCUT2D eigenvalue weighted by Gasteiger charge is 2.35. The van der Waals surface area contributed by atoms with E-state index in [9.17, 15) is 9.59 Å². The number of amides is 2. The van der Waals surface area contributed by atoms with Gasteiger partial charge in [-0.05, 0) is 49.1 Å². The third kappa shape index (κ3) is 5.16. The molecule has 7 nitrogen and oxygen atoms in total. The van der Waals surface area contributed by atoms with Crippen LogP contribution in [-0.4, -0.2) is 52.2 Å². The SMILES string of the molecule is Cn1cc(CCNC(=O)c2ccc(OC3CCN(C(=O)C4CC4)CC3)cc2)cn1. The second kappa shape index (κ2) is 8.68. The Labute approximate surface area is 171 Å². The molecule has 1 saturated heterocycles. The number of aromatic nitrogens is 2. The lowest BCUT2D eigenvalue weighted by Crippen LogP contribution is -2.42. The van der Waals surface area contributed by atoms with Crippen molar-refractivity contribution in [2.75, 3.05) is 19.6 Å². The summed E-state index contributed by atoms with van der Waals surface area (Å²) in [7, 11) is 1.88. The molecule has 1 aromatic carbocycles. The number of nitrogens with zero attached hydrogens (tertiary/aromatic N) is 3. The Kier molecular flexibility index (Phi) is 5.83. The van der Waals surface area contributed by atoms with E-state index in [2.05, 4.69) is 10.4 Å². The predicted octanol–water partition coefficient (Wildman–Crippen LogP) is 2.17. The molecular weight excluding hydrogens is 368 g/mol. The Morgan fingerprint density at radius 3 is 2.48 bits per heavy atom. The number of nitrogens with one attached hydrogen (secondary N) is 1. The average molecular weight is 396 g/mol. The molecule has 1 N–H and O–H groups in total. The molecule has 1 saturated carbocycles. The number of benzene rings is 1. The highest BCUT2D eigenvalue weighted by atomic mass is 16.5. The van der Waals surface area contributed by atoms with Gasteiger partial charge in [0.2, 0.25) is 5.91 Å². The minimum absolute atomic E-state index is 0.0904. The van der Waals surface area contributed by atoms with Crippen LogP contribution >= 0.6 is 0 Å². The Morgan fingerprint density at radius 1 is 1.14 bits per heavy atom. The van der Waals surface area contributed by atoms with Gasteiger partial charge >= 0.3 is 0 Å². The first-order valence-corrected chi connectivity index (χ1v) is 10.4. The molecule has 4 rings (SSSR count). The van der Waals surface area contributed by atoms with Gasteiger partial charge in [-0.15, -0.1) is 0 Å². The molecular formula is C22H28N4O3. The first-order chi connectivity index (χ1) is 14.1. The topological polar surface area (TPSA) is 76.5 Å². The molecule has 2 heterocycles. The van der Waals surface area contributed by atoms with E-state index in [0.717, 1.165) is 56.5 Å². The van der Waals surface area contributed by atoms with Crippen LogP contribution in [0, 0.1) is 5.92 Å². The van der Waals surface area contributed by atoms with Crippen molar-refractivity contribution >= 4 is 11.8 Å². The van der Waals surface area contributed by atoms with Crippen molar-refractivity contribution in [1.29, 1.82) is 0 Å². The lowest BCUT2D eigenvalue weighted by Gasteiger charge is -2.32. The quantitative estimate of drug-likeness (QED) is 0.778. The van der Waals surface area contributed by atoms with E-state index in [1.54, 1.807) is 16.8 Å². The zero-order valence-electron chi connectivity index (χ0n) is 16.8. The maximum atomic E-state index is 12.3. The molecule has 0 radical (unpaired) electrons. The van der Waals surface area contributed by atoms with Crippen LogP contribution in [0.2, 0.25) is 0 Å². The number of hydrogen-bond acceptors (Lipinski definition) is 4. The molecule has 2 aromatic rings. The van der Waals surface area contributed by atoms with Crippen molar-refractivity contribution in [3.8, 4) is 5.75 Å². The highest BCUT2D eigenvalue weighted by molar-refractivity contribution is 5.94. The van der Waals surface area contributed by atoms with Crippen LogP contribution in [0.4, 0.5) is 0 Å². The van der Waals surface area contributed by atoms with Crippen LogP contribution < -0.4 is 10.1 Å². The second-order valence-electron chi connectivity index (χ2n) is 7.97. The van der Waals surface area contributed by atoms with Gasteiger partial charge in [0.05, 0.1) is 6.20 Å². The van der Waals surface area contributed by atoms with Crippen LogP contribution in [0.3, 0.4) is 0 Å². The lowest BCUT2D eigenvalue weighted by atomic mass is 10.1. The first-order valence-electron chi connectivity index (χ1n) is 10.4. The van der Waals surface area contributed by atoms with E-state index >= 15 is 0 Å². The monoisotopic (exact) mass is 396 g/mol. The second-order valence-corrected chi connectivity index (χ2v) is 7.97. The maximum Gasteiger partial charge on any atom is 0.251 e. The van der Waals surface area contributed by atoms with E-state index in [-0.39, 0.29) is 17.9 Å². The zero-order chi connectivity index (χ0) is 20.2. The third-order valence-electron chi connectivity index (χ3n) is 5.56. The molecule has 2 aliphatic rings. The van der Waals surface area contributed by atoms with Crippen molar-refractivity contribution in [3.63, 3.8) is 0 Å². The molecule has 0 unspecified atom stereocenters. The Bertz CT molecular complexity index is 849. The molecule has 1 aliphatic carbocycles. The number of rotatable bonds is 7. The smallest absolute Gasteiger partial charge is 0.251 e. The van der Waals surface area contributed by atoms with Gasteiger partial charge in [0.25, 0.3) is 5.91 Å². The number of ether oxygens (including phenoxy) is 1. The normalized spacial score (nSPS) is 17.2. The summed E-state index contributed by atoms with van der Waals surface area (Å²) in [5.41, 5.74) is 1.72. The molecule has 2 amide bonds. The number of aryl methyl sites for hydroxylation is 1. The van der Waals surface area contributed by atoms with Gasteiger partial charge in [0, 0.05) is 57.2 Å². The van der Waals surface area contributed by atoms with Crippen molar-refractivity contribution in [2.45, 2.75) is 38.2 Å². The standard InChI is InChI=1S/C22H28N4O3/c1-25-15-16(14-24-25)8-11-23-21(27)17-4-6-19(7-5-17)29-20-9-12-26(13-10-20)22(28)18-2-3-18/h4-7,14-15,18,20H,2-3,8-13H2,1H3,(H,23,27). The molecule has 7 heteroatoms. The van der Waals surface area contributed by atoms with Gasteiger partial charge in [-0.25, -0.2) is 0 Å². The van der Waals surface area contributed by atoms with Crippen LogP contribution in [0.15, 0.2) is 36.7 Å². The number of carbonyl (C=O) groups excluding carboxylic acids is 2. The Hall–Kier alpha value is -2.83. The van der Waals surface area contributed by atoms with E-state index in [1.165, 1.54) is 0 Å². The predicted molar refractivity (Wildman–Crippen MR) is 109 cm³/mol. The summed E-state index contributed by atoms with van der Waals surface area (Å²) in [6.07, 6.45) is 8.46. The van der Waals surface area contributed by atoms with Crippen molar-refractivity contribution in [2.24, 2.45) is 13.0 Å². The van der Waals surface area contributed by atoms with Gasteiger partial charge in [0.15, 0.2) is 0 Å². The molecule has 0 atom stereocenters. The van der Waals surface area contributed by atoms with E-state index in [4.69, 9.17) is 4.74 Å². The van der Waals surface area contributed by atoms with E-state index < -0.39 is 0 Å². The van der Waals surface area contributed by atoms with Gasteiger partial charge in [-0.2, -0.15) is 5.10 Å². The molecule has 0 spiro atoms. The molecule has 1 aromatic heterocycles. The first kappa shape index (κ1) is 19.5. The summed E-state index contributed by atoms with van der Waals surface area (Å²) >= 11 is 0. The van der Waals surface area contributed by atoms with Crippen molar-refractivity contribution in [3.05, 3.63) is 47.8 Å². The molecule has 154 valence electrons. The fraction of sp³-hybridized carbons (Fsp3) is 0.500. The highest BCUT2D eigenvalue weighted by Crippen LogP contribution is 2.32. The number of piperidine rings is 1. The summed E-state index contributed by atoms with van der Waals surface area (Å²) in [4.78, 5) is 26.4. The van der Waals surface area contributed by atoms with Crippen molar-refractivity contribution in [1.82, 2.24) is 20.0 Å². The van der Waals surface area contributed by atoms with Crippen LogP contribution in [0.25, 0.3) is 0 Å². The van der Waals surface area contributed by atoms with Crippen LogP contribution in [0.5, 0.6) is 5.75 Å². The Morgan fingerprint density at radius 2 is 1.86 bits per heavy atom. The summed E-state index contributed by atoms with van der Waals surface area (Å²) < 4.78 is 7.81. The van der Waals surface area contributed by atoms with Crippen molar-refractivity contribution < 1.29 is 14.3 Å². The van der Waals surface area contributed by atoms with Gasteiger partial charge in [-0.3, -0.25) is 14.3 Å². The summed E-state index contributed by atoms with van der Waals surface area (Å²) in [5.74, 6) is 1.29. The summed E-state index contributed by atoms with van der Waals surface area (Å²) in [6, 6.07) is 7.27. The lowest BCUT2D eigenvalue weighted by molar-refractivity contribution is -0.134. The van der Waals surface area contributed by atoms with E-state index in [1.807, 2.05) is 36.5 Å². The van der Waals surface area contributed by atoms with Gasteiger partial charge in [0.1, 0.15) is 11.9 Å². The summed E-state index contributed by atoms with van der Waals surface area (Å²) in [6.45, 7) is 2.12. The molecule has 1 aliphatic heterocycles. The minimum Gasteiger partial charge on any atom is -0.490 e. The molecule has 0 bridgehead atoms. The zero-order valence-corrected chi connectivity index (χ0v) is 16.8. The van der Waals surface area contributed by atoms with Crippen LogP contribution in [-0.2, 0) is 18.3 Å². The fourth-order valence-electron chi connectivity index (χ4n) is 3.68. The largest absolute Gasteiger partial charge is 0.490 e. The third-order valence-corrected chi connectivity index (χ3v) is 5.56. The molecule has 29 heavy (non-hydrogen) atoms. The maximum absolute atomic E-state index is 12.3. The number of likely N-dealkylation sites (tertiary alicyclic amines) is 1. The Balaban J connectivity index is 1.20. The van der Waals surface area contributed by atoms with Gasteiger partial charge in [-0.1, -0.05) is 0 Å². The average Bonchev–Trinajstić information content (AvgIpc) is 3.50. The summed E-state index contributed by atoms with van der Waals surface area (Å²) in [5, 5.41) is 7.06. The van der Waals surface area contributed by atoms with Gasteiger partial charge < -0.3 is 15.0 Å². The number of hydrogen-bond donors (Lipinski definition) is 1. The van der Waals surface area contributed by atoms with E-state index in [0.29, 0.717) is 18.0 Å². The fourth-order valence-corrected chi connectivity index (χ4v) is 3.68. The minimum atomic E-state index is -0.0904.